The van der Waals surface area contributed by atoms with Crippen LogP contribution in [-0.4, -0.2) is 25.8 Å². The Bertz CT molecular complexity index is 508. The summed E-state index contributed by atoms with van der Waals surface area (Å²) in [6.07, 6.45) is 8.42. The normalized spacial score (nSPS) is 12.0. The zero-order valence-corrected chi connectivity index (χ0v) is 15.2. The monoisotopic (exact) mass is 325 g/mol. The molecule has 1 aromatic carbocycles. The van der Waals surface area contributed by atoms with Gasteiger partial charge in [0.2, 0.25) is 10.0 Å². The summed E-state index contributed by atoms with van der Waals surface area (Å²) in [7, 11) is -3.34. The zero-order valence-electron chi connectivity index (χ0n) is 14.3. The Morgan fingerprint density at radius 3 is 1.95 bits per heavy atom. The molecule has 0 aliphatic rings. The lowest BCUT2D eigenvalue weighted by Gasteiger charge is -2.20. The fraction of sp³-hybridized carbons (Fsp3) is 0.667. The van der Waals surface area contributed by atoms with Crippen LogP contribution in [-0.2, 0) is 10.0 Å². The van der Waals surface area contributed by atoms with Crippen LogP contribution in [0.2, 0.25) is 0 Å². The first-order valence-electron chi connectivity index (χ1n) is 8.59. The van der Waals surface area contributed by atoms with E-state index < -0.39 is 10.0 Å². The molecule has 0 radical (unpaired) electrons. The molecule has 3 nitrogen and oxygen atoms in total. The molecular weight excluding hydrogens is 294 g/mol. The van der Waals surface area contributed by atoms with Gasteiger partial charge in [0, 0.05) is 13.1 Å². The van der Waals surface area contributed by atoms with Crippen molar-refractivity contribution in [2.45, 2.75) is 70.6 Å². The van der Waals surface area contributed by atoms with Crippen molar-refractivity contribution in [2.24, 2.45) is 0 Å². The van der Waals surface area contributed by atoms with Crippen LogP contribution in [0.25, 0.3) is 0 Å². The van der Waals surface area contributed by atoms with Crippen LogP contribution >= 0.6 is 0 Å². The van der Waals surface area contributed by atoms with Crippen LogP contribution in [0, 0.1) is 6.92 Å². The summed E-state index contributed by atoms with van der Waals surface area (Å²) < 4.78 is 26.8. The number of nitrogens with zero attached hydrogens (tertiary/aromatic N) is 1. The predicted octanol–water partition coefficient (Wildman–Crippen LogP) is 4.76. The summed E-state index contributed by atoms with van der Waals surface area (Å²) in [6.45, 7) is 7.25. The molecule has 1 rings (SSSR count). The summed E-state index contributed by atoms with van der Waals surface area (Å²) >= 11 is 0. The van der Waals surface area contributed by atoms with Crippen molar-refractivity contribution in [3.05, 3.63) is 29.8 Å². The number of unbranched alkanes of at least 4 members (excludes halogenated alkanes) is 6. The third-order valence-corrected chi connectivity index (χ3v) is 6.01. The first-order chi connectivity index (χ1) is 10.5. The summed E-state index contributed by atoms with van der Waals surface area (Å²) in [4.78, 5) is 0.405. The van der Waals surface area contributed by atoms with E-state index in [2.05, 4.69) is 6.92 Å². The first kappa shape index (κ1) is 19.2. The van der Waals surface area contributed by atoms with Gasteiger partial charge in [0.25, 0.3) is 0 Å². The summed E-state index contributed by atoms with van der Waals surface area (Å²) in [5.74, 6) is 0. The highest BCUT2D eigenvalue weighted by Crippen LogP contribution is 2.17. The van der Waals surface area contributed by atoms with E-state index in [-0.39, 0.29) is 0 Å². The predicted molar refractivity (Wildman–Crippen MR) is 93.6 cm³/mol. The Morgan fingerprint density at radius 1 is 0.864 bits per heavy atom. The van der Waals surface area contributed by atoms with Crippen molar-refractivity contribution in [2.75, 3.05) is 13.1 Å². The van der Waals surface area contributed by atoms with E-state index in [0.717, 1.165) is 18.4 Å². The van der Waals surface area contributed by atoms with Crippen molar-refractivity contribution in [1.29, 1.82) is 0 Å². The molecule has 0 saturated heterocycles. The van der Waals surface area contributed by atoms with E-state index in [9.17, 15) is 8.42 Å². The van der Waals surface area contributed by atoms with Crippen molar-refractivity contribution in [1.82, 2.24) is 4.31 Å². The molecule has 0 aromatic heterocycles. The molecule has 4 heteroatoms. The van der Waals surface area contributed by atoms with E-state index >= 15 is 0 Å². The van der Waals surface area contributed by atoms with E-state index in [0.29, 0.717) is 18.0 Å². The van der Waals surface area contributed by atoms with Gasteiger partial charge < -0.3 is 0 Å². The second-order valence-corrected chi connectivity index (χ2v) is 7.87. The van der Waals surface area contributed by atoms with Gasteiger partial charge in [-0.3, -0.25) is 0 Å². The van der Waals surface area contributed by atoms with Crippen molar-refractivity contribution >= 4 is 10.0 Å². The van der Waals surface area contributed by atoms with E-state index in [1.165, 1.54) is 32.1 Å². The smallest absolute Gasteiger partial charge is 0.207 e. The van der Waals surface area contributed by atoms with Gasteiger partial charge in [-0.1, -0.05) is 70.1 Å². The van der Waals surface area contributed by atoms with Crippen molar-refractivity contribution in [3.63, 3.8) is 0 Å². The Morgan fingerprint density at radius 2 is 1.41 bits per heavy atom. The maximum Gasteiger partial charge on any atom is 0.243 e. The topological polar surface area (TPSA) is 37.4 Å². The van der Waals surface area contributed by atoms with Gasteiger partial charge in [-0.15, -0.1) is 0 Å². The molecule has 0 atom stereocenters. The van der Waals surface area contributed by atoms with Crippen LogP contribution in [0.15, 0.2) is 29.2 Å². The van der Waals surface area contributed by atoms with Crippen LogP contribution < -0.4 is 0 Å². The van der Waals surface area contributed by atoms with Gasteiger partial charge in [0.05, 0.1) is 4.90 Å². The minimum atomic E-state index is -3.34. The Labute approximate surface area is 136 Å². The lowest BCUT2D eigenvalue weighted by molar-refractivity contribution is 0.411. The van der Waals surface area contributed by atoms with Crippen molar-refractivity contribution < 1.29 is 8.42 Å². The summed E-state index contributed by atoms with van der Waals surface area (Å²) in [5.41, 5.74) is 1.08. The number of benzene rings is 1. The van der Waals surface area contributed by atoms with Gasteiger partial charge in [-0.05, 0) is 25.5 Å². The quantitative estimate of drug-likeness (QED) is 0.550. The summed E-state index contributed by atoms with van der Waals surface area (Å²) in [5, 5.41) is 0. The highest BCUT2D eigenvalue weighted by atomic mass is 32.2. The molecule has 0 aliphatic carbocycles. The molecule has 22 heavy (non-hydrogen) atoms. The van der Waals surface area contributed by atoms with Crippen LogP contribution in [0.4, 0.5) is 0 Å². The third-order valence-electron chi connectivity index (χ3n) is 4.02. The van der Waals surface area contributed by atoms with Gasteiger partial charge in [-0.2, -0.15) is 4.31 Å². The van der Waals surface area contributed by atoms with Gasteiger partial charge in [-0.25, -0.2) is 8.42 Å². The number of sulfonamides is 1. The minimum absolute atomic E-state index is 0.405. The minimum Gasteiger partial charge on any atom is -0.207 e. The lowest BCUT2D eigenvalue weighted by atomic mass is 10.1. The van der Waals surface area contributed by atoms with Crippen LogP contribution in [0.5, 0.6) is 0 Å². The zero-order chi connectivity index (χ0) is 16.4. The van der Waals surface area contributed by atoms with Gasteiger partial charge >= 0.3 is 0 Å². The molecule has 0 heterocycles. The SMILES string of the molecule is CCCCCCCCCN(CC)S(=O)(=O)c1ccc(C)cc1. The number of aryl methyl sites for hydroxylation is 1. The maximum atomic E-state index is 12.6. The second-order valence-electron chi connectivity index (χ2n) is 5.93. The number of hydrogen-bond acceptors (Lipinski definition) is 2. The Balaban J connectivity index is 2.47. The molecule has 0 unspecified atom stereocenters. The maximum absolute atomic E-state index is 12.6. The van der Waals surface area contributed by atoms with Gasteiger partial charge in [0.1, 0.15) is 0 Å². The van der Waals surface area contributed by atoms with Crippen LogP contribution in [0.1, 0.15) is 64.4 Å². The molecule has 0 saturated carbocycles. The Hall–Kier alpha value is -0.870. The third kappa shape index (κ3) is 6.09. The summed E-state index contributed by atoms with van der Waals surface area (Å²) in [6, 6.07) is 7.12. The molecule has 1 aromatic rings. The highest BCUT2D eigenvalue weighted by molar-refractivity contribution is 7.89. The molecule has 126 valence electrons. The van der Waals surface area contributed by atoms with Crippen LogP contribution in [0.3, 0.4) is 0 Å². The first-order valence-corrected chi connectivity index (χ1v) is 10.0. The fourth-order valence-corrected chi connectivity index (χ4v) is 4.04. The Kier molecular flexibility index (Phi) is 8.72. The molecular formula is C18H31NO2S. The number of hydrogen-bond donors (Lipinski definition) is 0. The van der Waals surface area contributed by atoms with E-state index in [1.807, 2.05) is 26.0 Å². The largest absolute Gasteiger partial charge is 0.243 e. The molecule has 0 amide bonds. The average Bonchev–Trinajstić information content (AvgIpc) is 2.50. The standard InChI is InChI=1S/C18H31NO2S/c1-4-6-7-8-9-10-11-16-19(5-2)22(20,21)18-14-12-17(3)13-15-18/h12-15H,4-11,16H2,1-3H3. The molecule has 0 aliphatic heterocycles. The molecule has 0 N–H and O–H groups in total. The van der Waals surface area contributed by atoms with Crippen molar-refractivity contribution in [3.8, 4) is 0 Å². The lowest BCUT2D eigenvalue weighted by Crippen LogP contribution is -2.31. The van der Waals surface area contributed by atoms with E-state index in [1.54, 1.807) is 16.4 Å². The number of rotatable bonds is 11. The highest BCUT2D eigenvalue weighted by Gasteiger charge is 2.22. The molecule has 0 spiro atoms. The molecule has 0 fully saturated rings. The van der Waals surface area contributed by atoms with E-state index in [4.69, 9.17) is 0 Å². The second kappa shape index (κ2) is 10.0. The van der Waals surface area contributed by atoms with Gasteiger partial charge in [0.15, 0.2) is 0 Å². The fourth-order valence-electron chi connectivity index (χ4n) is 2.55. The average molecular weight is 326 g/mol. The molecule has 0 bridgehead atoms.